The smallest absolute Gasteiger partial charge is 0.336 e. The van der Waals surface area contributed by atoms with Crippen LogP contribution in [0.2, 0.25) is 0 Å². The molecule has 2 rings (SSSR count). The second-order valence-corrected chi connectivity index (χ2v) is 11.2. The molecule has 0 saturated heterocycles. The van der Waals surface area contributed by atoms with Crippen LogP contribution in [0.5, 0.6) is 17.2 Å². The van der Waals surface area contributed by atoms with Gasteiger partial charge in [-0.1, -0.05) is 72.1 Å². The van der Waals surface area contributed by atoms with Crippen molar-refractivity contribution < 1.29 is 25.2 Å². The molecule has 116 valence electrons. The van der Waals surface area contributed by atoms with Crippen LogP contribution in [0.4, 0.5) is 0 Å². The van der Waals surface area contributed by atoms with E-state index in [1.54, 1.807) is 24.3 Å². The fourth-order valence-electron chi connectivity index (χ4n) is 1.93. The third-order valence-corrected chi connectivity index (χ3v) is 4.36. The van der Waals surface area contributed by atoms with Crippen molar-refractivity contribution in [3.8, 4) is 28.4 Å². The van der Waals surface area contributed by atoms with Crippen LogP contribution < -0.4 is 0 Å². The summed E-state index contributed by atoms with van der Waals surface area (Å²) in [6.07, 6.45) is 0. The zero-order valence-corrected chi connectivity index (χ0v) is 15.5. The molecule has 0 fully saturated rings. The Hall–Kier alpha value is -1.25. The number of aromatic hydroxyl groups is 3. The molecular weight excluding hydrogens is 488 g/mol. The molecule has 0 aromatic heterocycles. The number of carboxylic acid groups (broad SMARTS) is 1. The van der Waals surface area contributed by atoms with Crippen molar-refractivity contribution in [1.82, 2.24) is 0 Å². The topological polar surface area (TPSA) is 98.0 Å². The van der Waals surface area contributed by atoms with Crippen LogP contribution in [-0.4, -0.2) is 26.4 Å². The molecule has 0 aliphatic rings. The number of benzene rings is 2. The molecule has 0 aliphatic carbocycles. The Morgan fingerprint density at radius 3 is 1.95 bits per heavy atom. The number of phenolic OH excluding ortho intramolecular Hbond substituents is 3. The summed E-state index contributed by atoms with van der Waals surface area (Å²) < 4.78 is -0.625. The quantitative estimate of drug-likeness (QED) is 0.363. The summed E-state index contributed by atoms with van der Waals surface area (Å²) in [5, 5.41) is 38.3. The lowest BCUT2D eigenvalue weighted by molar-refractivity contribution is 0.0697. The van der Waals surface area contributed by atoms with Gasteiger partial charge in [0.2, 0.25) is 5.75 Å². The van der Waals surface area contributed by atoms with Gasteiger partial charge in [0.15, 0.2) is 13.6 Å². The van der Waals surface area contributed by atoms with Gasteiger partial charge in [-0.2, -0.15) is 0 Å². The minimum absolute atomic E-state index is 0.0707. The number of carbonyl (C=O) groups is 1. The van der Waals surface area contributed by atoms with E-state index >= 15 is 0 Å². The van der Waals surface area contributed by atoms with Crippen molar-refractivity contribution in [3.05, 3.63) is 41.5 Å². The van der Waals surface area contributed by atoms with Crippen LogP contribution in [0, 0.1) is 0 Å². The molecule has 8 heteroatoms. The van der Waals surface area contributed by atoms with E-state index in [-0.39, 0.29) is 11.1 Å². The largest absolute Gasteiger partial charge is 0.504 e. The Kier molecular flexibility index (Phi) is 4.74. The number of rotatable bonds is 2. The zero-order valence-electron chi connectivity index (χ0n) is 10.7. The van der Waals surface area contributed by atoms with E-state index in [9.17, 15) is 25.2 Å². The molecule has 0 atom stereocenters. The van der Waals surface area contributed by atoms with Gasteiger partial charge in [-0.25, -0.2) is 4.79 Å². The summed E-state index contributed by atoms with van der Waals surface area (Å²) in [5.74, 6) is -3.48. The molecule has 0 spiro atoms. The van der Waals surface area contributed by atoms with E-state index in [0.29, 0.717) is 5.56 Å². The van der Waals surface area contributed by atoms with E-state index in [4.69, 9.17) is 0 Å². The summed E-state index contributed by atoms with van der Waals surface area (Å²) in [5.41, 5.74) is 0.795. The molecule has 0 radical (unpaired) electrons. The minimum atomic E-state index is -1.33. The number of alkyl halides is 3. The molecule has 2 aromatic rings. The van der Waals surface area contributed by atoms with E-state index in [2.05, 4.69) is 47.8 Å². The predicted molar refractivity (Wildman–Crippen MR) is 92.3 cm³/mol. The molecule has 0 saturated carbocycles. The van der Waals surface area contributed by atoms with Gasteiger partial charge in [0.05, 0.1) is 5.56 Å². The number of phenols is 3. The first-order valence-electron chi connectivity index (χ1n) is 5.81. The Morgan fingerprint density at radius 1 is 0.955 bits per heavy atom. The number of halogens is 3. The lowest BCUT2D eigenvalue weighted by Crippen LogP contribution is -2.01. The molecule has 4 N–H and O–H groups in total. The van der Waals surface area contributed by atoms with E-state index < -0.39 is 25.4 Å². The van der Waals surface area contributed by atoms with Crippen LogP contribution in [0.1, 0.15) is 15.9 Å². The standard InChI is InChI=1S/C14H9Br3O5/c15-14(16,17)7-3-1-6(2-4-7)10-8(13(21)22)5-9(18)11(19)12(10)20/h1-5,18-20H,(H,21,22). The van der Waals surface area contributed by atoms with Gasteiger partial charge in [0, 0.05) is 5.56 Å². The highest BCUT2D eigenvalue weighted by molar-refractivity contribution is 9.38. The third-order valence-electron chi connectivity index (χ3n) is 2.99. The van der Waals surface area contributed by atoms with Gasteiger partial charge >= 0.3 is 5.97 Å². The summed E-state index contributed by atoms with van der Waals surface area (Å²) in [6.45, 7) is 0. The van der Waals surface area contributed by atoms with E-state index in [0.717, 1.165) is 11.6 Å². The van der Waals surface area contributed by atoms with Gasteiger partial charge in [0.1, 0.15) is 0 Å². The van der Waals surface area contributed by atoms with Gasteiger partial charge in [-0.15, -0.1) is 0 Å². The van der Waals surface area contributed by atoms with Crippen LogP contribution in [0.25, 0.3) is 11.1 Å². The highest BCUT2D eigenvalue weighted by Crippen LogP contribution is 2.47. The van der Waals surface area contributed by atoms with Crippen LogP contribution in [0.15, 0.2) is 30.3 Å². The Balaban J connectivity index is 2.66. The highest BCUT2D eigenvalue weighted by Gasteiger charge is 2.24. The van der Waals surface area contributed by atoms with Crippen molar-refractivity contribution in [1.29, 1.82) is 0 Å². The van der Waals surface area contributed by atoms with Crippen molar-refractivity contribution in [3.63, 3.8) is 0 Å². The normalized spacial score (nSPS) is 11.4. The molecule has 0 heterocycles. The van der Waals surface area contributed by atoms with Crippen molar-refractivity contribution in [2.45, 2.75) is 2.14 Å². The molecule has 0 unspecified atom stereocenters. The average Bonchev–Trinajstić information content (AvgIpc) is 2.43. The molecule has 0 amide bonds. The average molecular weight is 497 g/mol. The molecule has 0 bridgehead atoms. The molecular formula is C14H9Br3O5. The lowest BCUT2D eigenvalue weighted by atomic mass is 9.97. The third kappa shape index (κ3) is 3.23. The van der Waals surface area contributed by atoms with Gasteiger partial charge in [-0.3, -0.25) is 0 Å². The first kappa shape index (κ1) is 17.1. The van der Waals surface area contributed by atoms with Crippen LogP contribution >= 0.6 is 47.8 Å². The Morgan fingerprint density at radius 2 is 1.50 bits per heavy atom. The second-order valence-electron chi connectivity index (χ2n) is 4.40. The first-order chi connectivity index (χ1) is 10.1. The van der Waals surface area contributed by atoms with Gasteiger partial charge in [-0.05, 0) is 17.2 Å². The maximum absolute atomic E-state index is 11.3. The minimum Gasteiger partial charge on any atom is -0.504 e. The molecule has 0 aliphatic heterocycles. The number of carboxylic acids is 1. The molecule has 2 aromatic carbocycles. The maximum atomic E-state index is 11.3. The summed E-state index contributed by atoms with van der Waals surface area (Å²) in [6, 6.07) is 7.47. The van der Waals surface area contributed by atoms with Crippen molar-refractivity contribution in [2.75, 3.05) is 0 Å². The number of aromatic carboxylic acids is 1. The molecule has 5 nitrogen and oxygen atoms in total. The van der Waals surface area contributed by atoms with Crippen LogP contribution in [-0.2, 0) is 2.14 Å². The Bertz CT molecular complexity index is 736. The fraction of sp³-hybridized carbons (Fsp3) is 0.0714. The summed E-state index contributed by atoms with van der Waals surface area (Å²) in [4.78, 5) is 11.3. The highest BCUT2D eigenvalue weighted by atomic mass is 80.0. The summed E-state index contributed by atoms with van der Waals surface area (Å²) in [7, 11) is 0. The van der Waals surface area contributed by atoms with Crippen molar-refractivity contribution >= 4 is 53.8 Å². The van der Waals surface area contributed by atoms with E-state index in [1.807, 2.05) is 0 Å². The van der Waals surface area contributed by atoms with Crippen LogP contribution in [0.3, 0.4) is 0 Å². The van der Waals surface area contributed by atoms with E-state index in [1.165, 1.54) is 0 Å². The number of hydrogen-bond donors (Lipinski definition) is 4. The van der Waals surface area contributed by atoms with Crippen molar-refractivity contribution in [2.24, 2.45) is 0 Å². The lowest BCUT2D eigenvalue weighted by Gasteiger charge is -2.15. The zero-order chi connectivity index (χ0) is 16.7. The number of hydrogen-bond acceptors (Lipinski definition) is 4. The maximum Gasteiger partial charge on any atom is 0.336 e. The monoisotopic (exact) mass is 494 g/mol. The second kappa shape index (κ2) is 6.10. The SMILES string of the molecule is O=C(O)c1cc(O)c(O)c(O)c1-c1ccc(C(Br)(Br)Br)cc1. The first-order valence-corrected chi connectivity index (χ1v) is 8.19. The van der Waals surface area contributed by atoms with Gasteiger partial charge < -0.3 is 20.4 Å². The predicted octanol–water partition coefficient (Wildman–Crippen LogP) is 4.46. The summed E-state index contributed by atoms with van der Waals surface area (Å²) >= 11 is 10.1. The Labute approximate surface area is 150 Å². The fourth-order valence-corrected chi connectivity index (χ4v) is 2.72. The van der Waals surface area contributed by atoms with Gasteiger partial charge in [0.25, 0.3) is 0 Å². The molecule has 22 heavy (non-hydrogen) atoms.